The van der Waals surface area contributed by atoms with Crippen LogP contribution in [0.4, 0.5) is 0 Å². The van der Waals surface area contributed by atoms with E-state index in [0.717, 1.165) is 5.56 Å². The van der Waals surface area contributed by atoms with Crippen LogP contribution in [0.2, 0.25) is 0 Å². The molecule has 2 aromatic rings. The molecule has 0 aliphatic carbocycles. The maximum absolute atomic E-state index is 12.7. The first-order chi connectivity index (χ1) is 13.1. The number of benzene rings is 2. The van der Waals surface area contributed by atoms with Crippen LogP contribution in [0.1, 0.15) is 24.1 Å². The zero-order valence-corrected chi connectivity index (χ0v) is 14.8. The number of amides is 1. The van der Waals surface area contributed by atoms with Crippen LogP contribution >= 0.6 is 0 Å². The van der Waals surface area contributed by atoms with Crippen LogP contribution < -0.4 is 9.47 Å². The standard InChI is InChI=1S/C21H19NO5/c1-13(23)18-19(15-7-8-16-17(11-15)27-12-26-16)22(21(25)20(18)24)10-9-14-5-3-2-4-6-14/h2-8,11,19,24H,9-10,12H2,1H3. The highest BCUT2D eigenvalue weighted by molar-refractivity contribution is 6.08. The molecule has 6 nitrogen and oxygen atoms in total. The van der Waals surface area contributed by atoms with Gasteiger partial charge in [-0.3, -0.25) is 9.59 Å². The molecule has 27 heavy (non-hydrogen) atoms. The third kappa shape index (κ3) is 3.03. The van der Waals surface area contributed by atoms with Crippen molar-refractivity contribution in [1.29, 1.82) is 0 Å². The molecule has 1 amide bonds. The minimum Gasteiger partial charge on any atom is -0.503 e. The summed E-state index contributed by atoms with van der Waals surface area (Å²) in [5.41, 5.74) is 1.90. The number of carbonyl (C=O) groups excluding carboxylic acids is 2. The van der Waals surface area contributed by atoms with Gasteiger partial charge in [0.1, 0.15) is 0 Å². The van der Waals surface area contributed by atoms with Crippen LogP contribution in [-0.4, -0.2) is 35.0 Å². The molecule has 2 heterocycles. The summed E-state index contributed by atoms with van der Waals surface area (Å²) >= 11 is 0. The molecule has 2 aliphatic heterocycles. The van der Waals surface area contributed by atoms with E-state index in [2.05, 4.69) is 0 Å². The van der Waals surface area contributed by atoms with Gasteiger partial charge in [-0.1, -0.05) is 36.4 Å². The Hall–Kier alpha value is -3.28. The van der Waals surface area contributed by atoms with Gasteiger partial charge >= 0.3 is 0 Å². The van der Waals surface area contributed by atoms with Crippen molar-refractivity contribution in [3.8, 4) is 11.5 Å². The second kappa shape index (κ2) is 6.79. The number of ketones is 1. The van der Waals surface area contributed by atoms with Crippen molar-refractivity contribution in [2.75, 3.05) is 13.3 Å². The second-order valence-corrected chi connectivity index (χ2v) is 6.57. The fourth-order valence-electron chi connectivity index (χ4n) is 3.57. The second-order valence-electron chi connectivity index (χ2n) is 6.57. The Balaban J connectivity index is 1.68. The molecule has 2 aliphatic rings. The SMILES string of the molecule is CC(=O)C1=C(O)C(=O)N(CCc2ccccc2)C1c1ccc2c(c1)OCO2. The molecule has 0 bridgehead atoms. The summed E-state index contributed by atoms with van der Waals surface area (Å²) in [5, 5.41) is 10.3. The largest absolute Gasteiger partial charge is 0.503 e. The molecule has 2 aromatic carbocycles. The van der Waals surface area contributed by atoms with Crippen LogP contribution in [-0.2, 0) is 16.0 Å². The van der Waals surface area contributed by atoms with E-state index in [4.69, 9.17) is 9.47 Å². The van der Waals surface area contributed by atoms with Crippen LogP contribution in [0.3, 0.4) is 0 Å². The number of rotatable bonds is 5. The van der Waals surface area contributed by atoms with E-state index in [1.54, 1.807) is 18.2 Å². The first kappa shape index (κ1) is 17.1. The summed E-state index contributed by atoms with van der Waals surface area (Å²) in [6.45, 7) is 1.88. The molecule has 1 atom stereocenters. The number of fused-ring (bicyclic) bond motifs is 1. The average Bonchev–Trinajstić information content (AvgIpc) is 3.23. The van der Waals surface area contributed by atoms with Crippen molar-refractivity contribution in [2.45, 2.75) is 19.4 Å². The summed E-state index contributed by atoms with van der Waals surface area (Å²) in [6, 6.07) is 14.4. The fraction of sp³-hybridized carbons (Fsp3) is 0.238. The first-order valence-electron chi connectivity index (χ1n) is 8.75. The van der Waals surface area contributed by atoms with Gasteiger partial charge in [0.15, 0.2) is 23.0 Å². The van der Waals surface area contributed by atoms with Crippen molar-refractivity contribution >= 4 is 11.7 Å². The number of aliphatic hydroxyl groups excluding tert-OH is 1. The zero-order chi connectivity index (χ0) is 19.0. The topological polar surface area (TPSA) is 76.1 Å². The molecule has 0 spiro atoms. The molecular formula is C21H19NO5. The summed E-state index contributed by atoms with van der Waals surface area (Å²) in [4.78, 5) is 26.4. The summed E-state index contributed by atoms with van der Waals surface area (Å²) in [6.07, 6.45) is 0.617. The Kier molecular flexibility index (Phi) is 4.32. The van der Waals surface area contributed by atoms with Crippen molar-refractivity contribution in [1.82, 2.24) is 4.90 Å². The molecule has 4 rings (SSSR count). The highest BCUT2D eigenvalue weighted by atomic mass is 16.7. The quantitative estimate of drug-likeness (QED) is 0.882. The van der Waals surface area contributed by atoms with Gasteiger partial charge in [0.2, 0.25) is 6.79 Å². The highest BCUT2D eigenvalue weighted by Gasteiger charge is 2.42. The van der Waals surface area contributed by atoms with E-state index >= 15 is 0 Å². The average molecular weight is 365 g/mol. The van der Waals surface area contributed by atoms with E-state index in [0.29, 0.717) is 30.0 Å². The number of carbonyl (C=O) groups is 2. The van der Waals surface area contributed by atoms with E-state index in [9.17, 15) is 14.7 Å². The van der Waals surface area contributed by atoms with E-state index in [1.165, 1.54) is 11.8 Å². The van der Waals surface area contributed by atoms with Crippen LogP contribution in [0.15, 0.2) is 59.9 Å². The first-order valence-corrected chi connectivity index (χ1v) is 8.75. The monoisotopic (exact) mass is 365 g/mol. The lowest BCUT2D eigenvalue weighted by atomic mass is 9.96. The van der Waals surface area contributed by atoms with Gasteiger partial charge in [-0.25, -0.2) is 0 Å². The number of nitrogens with zero attached hydrogens (tertiary/aromatic N) is 1. The van der Waals surface area contributed by atoms with Crippen molar-refractivity contribution in [2.24, 2.45) is 0 Å². The van der Waals surface area contributed by atoms with Crippen LogP contribution in [0, 0.1) is 0 Å². The molecule has 0 radical (unpaired) electrons. The zero-order valence-electron chi connectivity index (χ0n) is 14.8. The molecule has 6 heteroatoms. The van der Waals surface area contributed by atoms with E-state index < -0.39 is 17.7 Å². The van der Waals surface area contributed by atoms with E-state index in [1.807, 2.05) is 30.3 Å². The maximum atomic E-state index is 12.7. The lowest BCUT2D eigenvalue weighted by molar-refractivity contribution is -0.129. The normalized spacial score (nSPS) is 18.3. The molecule has 0 saturated carbocycles. The lowest BCUT2D eigenvalue weighted by Crippen LogP contribution is -2.32. The van der Waals surface area contributed by atoms with Crippen LogP contribution in [0.5, 0.6) is 11.5 Å². The van der Waals surface area contributed by atoms with Gasteiger partial charge in [0.25, 0.3) is 5.91 Å². The Bertz CT molecular complexity index is 935. The third-order valence-electron chi connectivity index (χ3n) is 4.88. The van der Waals surface area contributed by atoms with Gasteiger partial charge < -0.3 is 19.5 Å². The number of ether oxygens (including phenoxy) is 2. The molecule has 0 saturated heterocycles. The number of hydrogen-bond acceptors (Lipinski definition) is 5. The Labute approximate surface area is 156 Å². The molecule has 0 fully saturated rings. The lowest BCUT2D eigenvalue weighted by Gasteiger charge is -2.26. The highest BCUT2D eigenvalue weighted by Crippen LogP contribution is 2.41. The molecule has 1 N–H and O–H groups in total. The Morgan fingerprint density at radius 3 is 2.63 bits per heavy atom. The molecular weight excluding hydrogens is 346 g/mol. The van der Waals surface area contributed by atoms with Crippen LogP contribution in [0.25, 0.3) is 0 Å². The number of aliphatic hydroxyl groups is 1. The third-order valence-corrected chi connectivity index (χ3v) is 4.88. The van der Waals surface area contributed by atoms with Crippen molar-refractivity contribution in [3.63, 3.8) is 0 Å². The molecule has 138 valence electrons. The summed E-state index contributed by atoms with van der Waals surface area (Å²) < 4.78 is 10.8. The van der Waals surface area contributed by atoms with Crippen molar-refractivity contribution in [3.05, 3.63) is 71.0 Å². The maximum Gasteiger partial charge on any atom is 0.290 e. The summed E-state index contributed by atoms with van der Waals surface area (Å²) in [7, 11) is 0. The smallest absolute Gasteiger partial charge is 0.290 e. The summed E-state index contributed by atoms with van der Waals surface area (Å²) in [5.74, 6) is -0.142. The predicted octanol–water partition coefficient (Wildman–Crippen LogP) is 2.94. The van der Waals surface area contributed by atoms with E-state index in [-0.39, 0.29) is 18.1 Å². The fourth-order valence-corrected chi connectivity index (χ4v) is 3.57. The molecule has 0 aromatic heterocycles. The predicted molar refractivity (Wildman–Crippen MR) is 97.5 cm³/mol. The van der Waals surface area contributed by atoms with Gasteiger partial charge in [0, 0.05) is 6.54 Å². The Morgan fingerprint density at radius 1 is 1.15 bits per heavy atom. The van der Waals surface area contributed by atoms with Gasteiger partial charge in [-0.15, -0.1) is 0 Å². The van der Waals surface area contributed by atoms with Gasteiger partial charge in [-0.2, -0.15) is 0 Å². The molecule has 1 unspecified atom stereocenters. The minimum atomic E-state index is -0.645. The number of Topliss-reactive ketones (excluding diaryl/α,β-unsaturated/α-hetero) is 1. The Morgan fingerprint density at radius 2 is 1.89 bits per heavy atom. The van der Waals surface area contributed by atoms with Crippen molar-refractivity contribution < 1.29 is 24.2 Å². The van der Waals surface area contributed by atoms with Gasteiger partial charge in [0.05, 0.1) is 11.6 Å². The minimum absolute atomic E-state index is 0.118. The van der Waals surface area contributed by atoms with Gasteiger partial charge in [-0.05, 0) is 36.6 Å². The number of hydrogen-bond donors (Lipinski definition) is 1.